The van der Waals surface area contributed by atoms with Gasteiger partial charge in [0.25, 0.3) is 5.91 Å². The Kier molecular flexibility index (Phi) is 7.49. The number of fused-ring (bicyclic) bond motifs is 4. The summed E-state index contributed by atoms with van der Waals surface area (Å²) < 4.78 is 37.4. The third-order valence-electron chi connectivity index (χ3n) is 7.39. The zero-order valence-electron chi connectivity index (χ0n) is 23.2. The first-order chi connectivity index (χ1) is 20.3. The lowest BCUT2D eigenvalue weighted by Crippen LogP contribution is -2.31. The van der Waals surface area contributed by atoms with Gasteiger partial charge in [-0.2, -0.15) is 0 Å². The zero-order chi connectivity index (χ0) is 29.4. The van der Waals surface area contributed by atoms with Crippen molar-refractivity contribution in [3.63, 3.8) is 0 Å². The summed E-state index contributed by atoms with van der Waals surface area (Å²) in [5.74, 6) is -0.317. The molecule has 0 aliphatic heterocycles. The van der Waals surface area contributed by atoms with Crippen molar-refractivity contribution in [1.29, 1.82) is 0 Å². The van der Waals surface area contributed by atoms with E-state index < -0.39 is 15.9 Å². The summed E-state index contributed by atoms with van der Waals surface area (Å²) in [5, 5.41) is 2.82. The van der Waals surface area contributed by atoms with E-state index in [9.17, 15) is 13.2 Å². The number of hydrogen-bond acceptors (Lipinski definition) is 5. The van der Waals surface area contributed by atoms with E-state index >= 15 is 0 Å². The predicted octanol–water partition coefficient (Wildman–Crippen LogP) is 6.39. The Labute approximate surface area is 248 Å². The Morgan fingerprint density at radius 1 is 0.905 bits per heavy atom. The molecule has 214 valence electrons. The number of benzene rings is 4. The summed E-state index contributed by atoms with van der Waals surface area (Å²) >= 11 is 5.90. The number of hydrogen-bond donors (Lipinski definition) is 1. The van der Waals surface area contributed by atoms with Crippen molar-refractivity contribution in [3.8, 4) is 11.4 Å². The predicted molar refractivity (Wildman–Crippen MR) is 167 cm³/mol. The summed E-state index contributed by atoms with van der Waals surface area (Å²) in [4.78, 5) is 17.9. The van der Waals surface area contributed by atoms with Crippen LogP contribution < -0.4 is 4.72 Å². The minimum atomic E-state index is -3.93. The zero-order valence-corrected chi connectivity index (χ0v) is 24.7. The fourth-order valence-electron chi connectivity index (χ4n) is 5.47. The fraction of sp³-hybridized carbons (Fsp3) is 0.188. The molecule has 0 unspecified atom stereocenters. The van der Waals surface area contributed by atoms with Crippen molar-refractivity contribution < 1.29 is 17.9 Å². The molecular weight excluding hydrogens is 572 g/mol. The van der Waals surface area contributed by atoms with Crippen molar-refractivity contribution in [2.45, 2.75) is 25.8 Å². The lowest BCUT2D eigenvalue weighted by molar-refractivity contribution is 0.0981. The highest BCUT2D eigenvalue weighted by atomic mass is 35.5. The first-order valence-corrected chi connectivity index (χ1v) is 15.6. The summed E-state index contributed by atoms with van der Waals surface area (Å²) in [6.45, 7) is 4.02. The monoisotopic (exact) mass is 600 g/mol. The second-order valence-electron chi connectivity index (χ2n) is 10.1. The number of ether oxygens (including phenoxy) is 1. The van der Waals surface area contributed by atoms with Crippen LogP contribution in [0.1, 0.15) is 22.8 Å². The Morgan fingerprint density at radius 3 is 2.40 bits per heavy atom. The van der Waals surface area contributed by atoms with E-state index in [1.165, 1.54) is 10.9 Å². The van der Waals surface area contributed by atoms with Crippen LogP contribution in [0.15, 0.2) is 84.9 Å². The van der Waals surface area contributed by atoms with Crippen LogP contribution in [0.2, 0.25) is 5.02 Å². The van der Waals surface area contributed by atoms with Crippen molar-refractivity contribution in [2.75, 3.05) is 13.7 Å². The number of carbonyl (C=O) groups is 1. The number of imidazole rings is 1. The van der Waals surface area contributed by atoms with Crippen LogP contribution in [-0.4, -0.2) is 42.2 Å². The van der Waals surface area contributed by atoms with E-state index in [2.05, 4.69) is 57.2 Å². The maximum Gasteiger partial charge on any atom is 0.264 e. The first-order valence-electron chi connectivity index (χ1n) is 13.6. The number of carbonyl (C=O) groups excluding carboxylic acids is 1. The quantitative estimate of drug-likeness (QED) is 0.207. The highest BCUT2D eigenvalue weighted by molar-refractivity contribution is 7.89. The molecule has 6 aromatic rings. The number of sulfonamides is 1. The van der Waals surface area contributed by atoms with Gasteiger partial charge in [0, 0.05) is 58.2 Å². The molecule has 2 heterocycles. The Hall–Kier alpha value is -4.18. The molecule has 0 aliphatic rings. The molecular formula is C32H29ClN4O4S. The van der Waals surface area contributed by atoms with E-state index in [4.69, 9.17) is 21.3 Å². The lowest BCUT2D eigenvalue weighted by Gasteiger charge is -2.10. The molecule has 42 heavy (non-hydrogen) atoms. The van der Waals surface area contributed by atoms with Crippen LogP contribution in [0.4, 0.5) is 0 Å². The maximum atomic E-state index is 13.0. The molecule has 0 aliphatic carbocycles. The molecule has 1 N–H and O–H groups in total. The average Bonchev–Trinajstić information content (AvgIpc) is 3.51. The number of aryl methyl sites for hydroxylation is 1. The summed E-state index contributed by atoms with van der Waals surface area (Å²) in [6.07, 6.45) is 0. The number of amides is 1. The molecule has 0 spiro atoms. The van der Waals surface area contributed by atoms with Gasteiger partial charge in [0.1, 0.15) is 5.82 Å². The van der Waals surface area contributed by atoms with Crippen LogP contribution in [0.3, 0.4) is 0 Å². The molecule has 8 nitrogen and oxygen atoms in total. The number of rotatable bonds is 9. The van der Waals surface area contributed by atoms with Gasteiger partial charge in [-0.15, -0.1) is 0 Å². The van der Waals surface area contributed by atoms with E-state index in [1.807, 2.05) is 6.07 Å². The highest BCUT2D eigenvalue weighted by Crippen LogP contribution is 2.33. The smallest absolute Gasteiger partial charge is 0.264 e. The molecule has 0 atom stereocenters. The molecule has 0 saturated heterocycles. The Morgan fingerprint density at radius 2 is 1.64 bits per heavy atom. The van der Waals surface area contributed by atoms with Gasteiger partial charge in [-0.1, -0.05) is 41.9 Å². The van der Waals surface area contributed by atoms with Crippen molar-refractivity contribution in [3.05, 3.63) is 101 Å². The van der Waals surface area contributed by atoms with E-state index in [0.29, 0.717) is 29.3 Å². The molecule has 4 aromatic carbocycles. The van der Waals surface area contributed by atoms with Gasteiger partial charge in [0.2, 0.25) is 10.0 Å². The van der Waals surface area contributed by atoms with Gasteiger partial charge in [-0.05, 0) is 67.1 Å². The SMILES string of the molecule is CCn1c2ccccc2c2cc(-c3nc4cc(C(=O)NS(=O)(=O)Cc5ccc(Cl)cc5)ccc4n3CCOC)ccc21. The molecule has 10 heteroatoms. The summed E-state index contributed by atoms with van der Waals surface area (Å²) in [6, 6.07) is 26.2. The van der Waals surface area contributed by atoms with Crippen LogP contribution >= 0.6 is 11.6 Å². The number of halogens is 1. The standard InChI is InChI=1S/C32H29ClN4O4S/c1-3-36-28-7-5-4-6-25(28)26-18-22(10-14-29(26)36)31-34-27-19-23(11-15-30(27)37(31)16-17-41-2)32(38)35-42(39,40)20-21-8-12-24(33)13-9-21/h4-15,18-19H,3,16-17,20H2,1-2H3,(H,35,38). The topological polar surface area (TPSA) is 95.2 Å². The molecule has 0 radical (unpaired) electrons. The van der Waals surface area contributed by atoms with Gasteiger partial charge in [0.15, 0.2) is 0 Å². The van der Waals surface area contributed by atoms with Gasteiger partial charge in [-0.3, -0.25) is 4.79 Å². The van der Waals surface area contributed by atoms with Gasteiger partial charge < -0.3 is 13.9 Å². The van der Waals surface area contributed by atoms with Gasteiger partial charge >= 0.3 is 0 Å². The molecule has 0 bridgehead atoms. The molecule has 6 rings (SSSR count). The van der Waals surface area contributed by atoms with Crippen LogP contribution in [-0.2, 0) is 33.6 Å². The largest absolute Gasteiger partial charge is 0.383 e. The minimum absolute atomic E-state index is 0.201. The van der Waals surface area contributed by atoms with Gasteiger partial charge in [0.05, 0.1) is 23.4 Å². The second-order valence-corrected chi connectivity index (χ2v) is 12.3. The molecule has 1 amide bonds. The van der Waals surface area contributed by atoms with E-state index in [-0.39, 0.29) is 11.3 Å². The van der Waals surface area contributed by atoms with Crippen LogP contribution in [0.25, 0.3) is 44.2 Å². The maximum absolute atomic E-state index is 13.0. The van der Waals surface area contributed by atoms with Crippen molar-refractivity contribution >= 4 is 60.4 Å². The van der Waals surface area contributed by atoms with Crippen LogP contribution in [0, 0.1) is 0 Å². The normalized spacial score (nSPS) is 12.0. The molecule has 2 aromatic heterocycles. The number of para-hydroxylation sites is 1. The van der Waals surface area contributed by atoms with Crippen LogP contribution in [0.5, 0.6) is 0 Å². The fourth-order valence-corrected chi connectivity index (χ4v) is 6.70. The Bertz CT molecular complexity index is 2060. The van der Waals surface area contributed by atoms with E-state index in [1.54, 1.807) is 49.6 Å². The van der Waals surface area contributed by atoms with Crippen molar-refractivity contribution in [2.24, 2.45) is 0 Å². The lowest BCUT2D eigenvalue weighted by atomic mass is 10.1. The second kappa shape index (κ2) is 11.2. The number of nitrogens with one attached hydrogen (secondary N) is 1. The van der Waals surface area contributed by atoms with Gasteiger partial charge in [-0.25, -0.2) is 18.1 Å². The highest BCUT2D eigenvalue weighted by Gasteiger charge is 2.20. The molecule has 0 saturated carbocycles. The summed E-state index contributed by atoms with van der Waals surface area (Å²) in [5.41, 5.74) is 5.40. The minimum Gasteiger partial charge on any atom is -0.383 e. The number of methoxy groups -OCH3 is 1. The number of aromatic nitrogens is 3. The first kappa shape index (κ1) is 28.0. The third-order valence-corrected chi connectivity index (χ3v) is 8.86. The molecule has 0 fully saturated rings. The Balaban J connectivity index is 1.37. The average molecular weight is 601 g/mol. The summed E-state index contributed by atoms with van der Waals surface area (Å²) in [7, 11) is -2.28. The van der Waals surface area contributed by atoms with Crippen molar-refractivity contribution in [1.82, 2.24) is 18.8 Å². The third kappa shape index (κ3) is 5.27. The van der Waals surface area contributed by atoms with E-state index in [0.717, 1.165) is 34.4 Å². The number of nitrogens with zero attached hydrogens (tertiary/aromatic N) is 3.